The lowest BCUT2D eigenvalue weighted by Gasteiger charge is -2.20. The van der Waals surface area contributed by atoms with Crippen LogP contribution < -0.4 is 5.73 Å². The van der Waals surface area contributed by atoms with E-state index in [4.69, 9.17) is 5.73 Å². The first kappa shape index (κ1) is 13.6. The van der Waals surface area contributed by atoms with Crippen LogP contribution in [0.2, 0.25) is 0 Å². The van der Waals surface area contributed by atoms with Crippen molar-refractivity contribution in [2.75, 3.05) is 19.8 Å². The van der Waals surface area contributed by atoms with Crippen molar-refractivity contribution in [3.8, 4) is 0 Å². The van der Waals surface area contributed by atoms with Crippen LogP contribution >= 0.6 is 11.3 Å². The summed E-state index contributed by atoms with van der Waals surface area (Å²) < 4.78 is 0. The van der Waals surface area contributed by atoms with E-state index in [-0.39, 0.29) is 11.8 Å². The summed E-state index contributed by atoms with van der Waals surface area (Å²) in [4.78, 5) is 15.2. The Morgan fingerprint density at radius 3 is 2.68 bits per heavy atom. The summed E-state index contributed by atoms with van der Waals surface area (Å²) in [5, 5.41) is 2.03. The Labute approximate surface area is 117 Å². The third kappa shape index (κ3) is 3.35. The van der Waals surface area contributed by atoms with Crippen molar-refractivity contribution in [2.24, 2.45) is 0 Å². The van der Waals surface area contributed by atoms with Crippen LogP contribution in [0.4, 0.5) is 5.69 Å². The number of benzene rings is 1. The van der Waals surface area contributed by atoms with E-state index in [1.165, 1.54) is 4.88 Å². The fourth-order valence-electron chi connectivity index (χ4n) is 2.07. The van der Waals surface area contributed by atoms with Gasteiger partial charge in [0.2, 0.25) is 5.91 Å². The summed E-state index contributed by atoms with van der Waals surface area (Å²) in [7, 11) is 3.58. The summed E-state index contributed by atoms with van der Waals surface area (Å²) >= 11 is 1.68. The van der Waals surface area contributed by atoms with E-state index < -0.39 is 0 Å². The van der Waals surface area contributed by atoms with Crippen molar-refractivity contribution < 1.29 is 4.79 Å². The Bertz CT molecular complexity index is 549. The summed E-state index contributed by atoms with van der Waals surface area (Å²) in [5.74, 6) is -0.0591. The Morgan fingerprint density at radius 1 is 1.32 bits per heavy atom. The van der Waals surface area contributed by atoms with Gasteiger partial charge in [0.1, 0.15) is 0 Å². The molecule has 0 aliphatic carbocycles. The van der Waals surface area contributed by atoms with Gasteiger partial charge in [-0.1, -0.05) is 18.2 Å². The molecule has 2 aromatic rings. The maximum absolute atomic E-state index is 12.4. The number of rotatable bonds is 4. The van der Waals surface area contributed by atoms with Crippen LogP contribution in [0.15, 0.2) is 41.8 Å². The number of thiophene rings is 1. The summed E-state index contributed by atoms with van der Waals surface area (Å²) in [6.45, 7) is 0. The number of nitrogens with two attached hydrogens (primary N) is 1. The molecule has 0 aliphatic rings. The summed E-state index contributed by atoms with van der Waals surface area (Å²) in [5.41, 5.74) is 7.50. The van der Waals surface area contributed by atoms with Crippen molar-refractivity contribution in [1.82, 2.24) is 4.90 Å². The van der Waals surface area contributed by atoms with Gasteiger partial charge in [-0.05, 0) is 35.6 Å². The molecule has 100 valence electrons. The predicted molar refractivity (Wildman–Crippen MR) is 80.3 cm³/mol. The first-order valence-electron chi connectivity index (χ1n) is 6.17. The van der Waals surface area contributed by atoms with Gasteiger partial charge in [0.15, 0.2) is 0 Å². The standard InChI is InChI=1S/C15H18N2OS/c1-17(2)15(18)14(10-13-7-4-8-19-13)11-5-3-6-12(16)9-11/h3-9,14H,10,16H2,1-2H3. The van der Waals surface area contributed by atoms with Gasteiger partial charge in [0.05, 0.1) is 5.92 Å². The molecule has 1 amide bonds. The van der Waals surface area contributed by atoms with Crippen LogP contribution in [-0.4, -0.2) is 24.9 Å². The molecule has 1 heterocycles. The van der Waals surface area contributed by atoms with Crippen molar-refractivity contribution in [3.63, 3.8) is 0 Å². The molecular formula is C15H18N2OS. The maximum Gasteiger partial charge on any atom is 0.229 e. The number of hydrogen-bond acceptors (Lipinski definition) is 3. The predicted octanol–water partition coefficient (Wildman–Crippen LogP) is 2.74. The van der Waals surface area contributed by atoms with Crippen LogP contribution in [0, 0.1) is 0 Å². The number of amides is 1. The second-order valence-corrected chi connectivity index (χ2v) is 5.77. The number of nitrogen functional groups attached to an aromatic ring is 1. The fourth-order valence-corrected chi connectivity index (χ4v) is 2.82. The van der Waals surface area contributed by atoms with Crippen LogP contribution in [0.25, 0.3) is 0 Å². The molecule has 1 unspecified atom stereocenters. The lowest BCUT2D eigenvalue weighted by molar-refractivity contribution is -0.130. The number of nitrogens with zero attached hydrogens (tertiary/aromatic N) is 1. The first-order chi connectivity index (χ1) is 9.08. The number of hydrogen-bond donors (Lipinski definition) is 1. The highest BCUT2D eigenvalue weighted by Gasteiger charge is 2.23. The normalized spacial score (nSPS) is 12.1. The summed E-state index contributed by atoms with van der Waals surface area (Å²) in [6, 6.07) is 11.7. The minimum Gasteiger partial charge on any atom is -0.399 e. The minimum atomic E-state index is -0.169. The Hall–Kier alpha value is -1.81. The maximum atomic E-state index is 12.4. The number of anilines is 1. The van der Waals surface area contributed by atoms with Crippen LogP contribution in [0.3, 0.4) is 0 Å². The van der Waals surface area contributed by atoms with Gasteiger partial charge in [-0.3, -0.25) is 4.79 Å². The Balaban J connectivity index is 2.31. The first-order valence-corrected chi connectivity index (χ1v) is 7.05. The third-order valence-electron chi connectivity index (χ3n) is 3.04. The molecule has 0 fully saturated rings. The van der Waals surface area contributed by atoms with E-state index in [1.54, 1.807) is 30.3 Å². The summed E-state index contributed by atoms with van der Waals surface area (Å²) in [6.07, 6.45) is 0.720. The molecule has 0 spiro atoms. The van der Waals surface area contributed by atoms with Crippen molar-refractivity contribution in [3.05, 3.63) is 52.2 Å². The Morgan fingerprint density at radius 2 is 2.11 bits per heavy atom. The van der Waals surface area contributed by atoms with Gasteiger partial charge in [-0.2, -0.15) is 0 Å². The van der Waals surface area contributed by atoms with Gasteiger partial charge in [0, 0.05) is 24.7 Å². The number of likely N-dealkylation sites (N-methyl/N-ethyl adjacent to an activating group) is 1. The van der Waals surface area contributed by atoms with E-state index >= 15 is 0 Å². The molecule has 0 radical (unpaired) electrons. The molecule has 0 aliphatic heterocycles. The van der Waals surface area contributed by atoms with Gasteiger partial charge >= 0.3 is 0 Å². The second kappa shape index (κ2) is 5.89. The quantitative estimate of drug-likeness (QED) is 0.871. The number of carbonyl (C=O) groups is 1. The molecule has 4 heteroatoms. The lowest BCUT2D eigenvalue weighted by atomic mass is 9.93. The van der Waals surface area contributed by atoms with E-state index in [9.17, 15) is 4.79 Å². The number of carbonyl (C=O) groups excluding carboxylic acids is 1. The lowest BCUT2D eigenvalue weighted by Crippen LogP contribution is -2.29. The zero-order chi connectivity index (χ0) is 13.8. The molecule has 1 aromatic heterocycles. The average Bonchev–Trinajstić information content (AvgIpc) is 2.88. The molecule has 1 aromatic carbocycles. The minimum absolute atomic E-state index is 0.110. The van der Waals surface area contributed by atoms with Crippen LogP contribution in [0.1, 0.15) is 16.4 Å². The SMILES string of the molecule is CN(C)C(=O)C(Cc1cccs1)c1cccc(N)c1. The molecule has 0 saturated heterocycles. The van der Waals surface area contributed by atoms with E-state index in [1.807, 2.05) is 35.7 Å². The van der Waals surface area contributed by atoms with Gasteiger partial charge < -0.3 is 10.6 Å². The largest absolute Gasteiger partial charge is 0.399 e. The molecule has 1 atom stereocenters. The van der Waals surface area contributed by atoms with Crippen molar-refractivity contribution >= 4 is 22.9 Å². The topological polar surface area (TPSA) is 46.3 Å². The Kier molecular flexibility index (Phi) is 4.22. The van der Waals surface area contributed by atoms with Crippen LogP contribution in [-0.2, 0) is 11.2 Å². The van der Waals surface area contributed by atoms with Gasteiger partial charge in [0.25, 0.3) is 0 Å². The van der Waals surface area contributed by atoms with E-state index in [0.717, 1.165) is 12.0 Å². The monoisotopic (exact) mass is 274 g/mol. The highest BCUT2D eigenvalue weighted by molar-refractivity contribution is 7.09. The van der Waals surface area contributed by atoms with Gasteiger partial charge in [-0.15, -0.1) is 11.3 Å². The third-order valence-corrected chi connectivity index (χ3v) is 3.94. The molecular weight excluding hydrogens is 256 g/mol. The van der Waals surface area contributed by atoms with Gasteiger partial charge in [-0.25, -0.2) is 0 Å². The molecule has 0 saturated carbocycles. The molecule has 2 rings (SSSR count). The van der Waals surface area contributed by atoms with E-state index in [2.05, 4.69) is 6.07 Å². The van der Waals surface area contributed by atoms with E-state index in [0.29, 0.717) is 5.69 Å². The molecule has 19 heavy (non-hydrogen) atoms. The smallest absolute Gasteiger partial charge is 0.229 e. The van der Waals surface area contributed by atoms with Crippen LogP contribution in [0.5, 0.6) is 0 Å². The molecule has 3 nitrogen and oxygen atoms in total. The second-order valence-electron chi connectivity index (χ2n) is 4.74. The zero-order valence-corrected chi connectivity index (χ0v) is 12.0. The molecule has 2 N–H and O–H groups in total. The zero-order valence-electron chi connectivity index (χ0n) is 11.2. The highest BCUT2D eigenvalue weighted by Crippen LogP contribution is 2.26. The van der Waals surface area contributed by atoms with Crippen molar-refractivity contribution in [1.29, 1.82) is 0 Å². The fraction of sp³-hybridized carbons (Fsp3) is 0.267. The highest BCUT2D eigenvalue weighted by atomic mass is 32.1. The van der Waals surface area contributed by atoms with Crippen molar-refractivity contribution in [2.45, 2.75) is 12.3 Å². The average molecular weight is 274 g/mol. The molecule has 0 bridgehead atoms.